The second-order valence-electron chi connectivity index (χ2n) is 4.84. The van der Waals surface area contributed by atoms with Gasteiger partial charge in [-0.2, -0.15) is 0 Å². The summed E-state index contributed by atoms with van der Waals surface area (Å²) in [6, 6.07) is 19.2. The average Bonchev–Trinajstić information content (AvgIpc) is 2.91. The van der Waals surface area contributed by atoms with Crippen molar-refractivity contribution in [1.82, 2.24) is 4.68 Å². The highest BCUT2D eigenvalue weighted by Gasteiger charge is 2.06. The molecule has 0 spiro atoms. The van der Waals surface area contributed by atoms with E-state index in [0.717, 1.165) is 16.3 Å². The van der Waals surface area contributed by atoms with Crippen molar-refractivity contribution in [3.8, 4) is 0 Å². The summed E-state index contributed by atoms with van der Waals surface area (Å²) in [6.45, 7) is 0. The minimum atomic E-state index is -0.383. The van der Waals surface area contributed by atoms with E-state index in [-0.39, 0.29) is 5.63 Å². The lowest BCUT2D eigenvalue weighted by atomic mass is 10.2. The molecule has 2 aromatic heterocycles. The molecule has 0 atom stereocenters. The summed E-state index contributed by atoms with van der Waals surface area (Å²) < 4.78 is 7.14. The van der Waals surface area contributed by atoms with Gasteiger partial charge in [0.15, 0.2) is 0 Å². The fourth-order valence-electron chi connectivity index (χ4n) is 2.45. The van der Waals surface area contributed by atoms with Crippen LogP contribution >= 0.6 is 0 Å². The lowest BCUT2D eigenvalue weighted by Crippen LogP contribution is -2.14. The molecule has 21 heavy (non-hydrogen) atoms. The van der Waals surface area contributed by atoms with Gasteiger partial charge in [0.05, 0.1) is 5.52 Å². The standard InChI is InChI=1S/C17H12N2O2/c20-17-14(11-13-6-2-4-8-16(13)21-17)18-19-10-9-12-5-1-3-7-15(12)19/h1-11,18H. The number of nitrogens with one attached hydrogen (secondary N) is 1. The van der Waals surface area contributed by atoms with Crippen molar-refractivity contribution >= 4 is 27.6 Å². The average molecular weight is 276 g/mol. The van der Waals surface area contributed by atoms with E-state index in [4.69, 9.17) is 4.42 Å². The number of nitrogens with zero attached hydrogens (tertiary/aromatic N) is 1. The van der Waals surface area contributed by atoms with Crippen LogP contribution < -0.4 is 11.1 Å². The third-order valence-electron chi connectivity index (χ3n) is 3.48. The molecule has 0 unspecified atom stereocenters. The molecular formula is C17H12N2O2. The second kappa shape index (κ2) is 4.52. The molecule has 4 nitrogen and oxygen atoms in total. The van der Waals surface area contributed by atoms with E-state index in [1.165, 1.54) is 0 Å². The zero-order chi connectivity index (χ0) is 14.2. The van der Waals surface area contributed by atoms with E-state index in [9.17, 15) is 4.79 Å². The fourth-order valence-corrected chi connectivity index (χ4v) is 2.45. The summed E-state index contributed by atoms with van der Waals surface area (Å²) in [5.74, 6) is 0. The monoisotopic (exact) mass is 276 g/mol. The largest absolute Gasteiger partial charge is 0.421 e. The van der Waals surface area contributed by atoms with Gasteiger partial charge in [0, 0.05) is 17.0 Å². The van der Waals surface area contributed by atoms with Crippen LogP contribution in [-0.2, 0) is 0 Å². The molecule has 0 bridgehead atoms. The van der Waals surface area contributed by atoms with Crippen molar-refractivity contribution < 1.29 is 4.42 Å². The Kier molecular flexibility index (Phi) is 2.54. The number of hydrogen-bond acceptors (Lipinski definition) is 3. The topological polar surface area (TPSA) is 47.2 Å². The van der Waals surface area contributed by atoms with E-state index >= 15 is 0 Å². The Labute approximate surface area is 120 Å². The number of hydrogen-bond donors (Lipinski definition) is 1. The highest BCUT2D eigenvalue weighted by molar-refractivity contribution is 5.82. The van der Waals surface area contributed by atoms with Crippen LogP contribution in [0, 0.1) is 0 Å². The number of fused-ring (bicyclic) bond motifs is 2. The van der Waals surface area contributed by atoms with E-state index in [2.05, 4.69) is 5.43 Å². The number of rotatable bonds is 2. The van der Waals surface area contributed by atoms with Crippen LogP contribution in [-0.4, -0.2) is 4.68 Å². The van der Waals surface area contributed by atoms with Crippen LogP contribution in [0.3, 0.4) is 0 Å². The first-order chi connectivity index (χ1) is 10.3. The molecule has 0 aliphatic heterocycles. The van der Waals surface area contributed by atoms with Crippen LogP contribution in [0.15, 0.2) is 76.1 Å². The summed E-state index contributed by atoms with van der Waals surface area (Å²) in [5.41, 5.74) is 4.72. The predicted octanol–water partition coefficient (Wildman–Crippen LogP) is 3.62. The Morgan fingerprint density at radius 1 is 0.905 bits per heavy atom. The van der Waals surface area contributed by atoms with E-state index < -0.39 is 0 Å². The molecule has 0 radical (unpaired) electrons. The molecule has 4 rings (SSSR count). The van der Waals surface area contributed by atoms with Gasteiger partial charge in [0.1, 0.15) is 11.3 Å². The second-order valence-corrected chi connectivity index (χ2v) is 4.84. The molecule has 2 aromatic carbocycles. The van der Waals surface area contributed by atoms with Gasteiger partial charge >= 0.3 is 5.63 Å². The Bertz CT molecular complexity index is 998. The van der Waals surface area contributed by atoms with Gasteiger partial charge in [0.2, 0.25) is 0 Å². The smallest absolute Gasteiger partial charge is 0.361 e. The van der Waals surface area contributed by atoms with Crippen LogP contribution in [0.5, 0.6) is 0 Å². The van der Waals surface area contributed by atoms with E-state index in [0.29, 0.717) is 11.3 Å². The maximum absolute atomic E-state index is 12.1. The fraction of sp³-hybridized carbons (Fsp3) is 0. The molecule has 0 aliphatic rings. The van der Waals surface area contributed by atoms with Gasteiger partial charge < -0.3 is 4.42 Å². The number of para-hydroxylation sites is 2. The quantitative estimate of drug-likeness (QED) is 0.569. The normalized spacial score (nSPS) is 11.0. The summed E-state index contributed by atoms with van der Waals surface area (Å²) in [7, 11) is 0. The van der Waals surface area contributed by atoms with Gasteiger partial charge in [0.25, 0.3) is 0 Å². The molecule has 2 heterocycles. The van der Waals surface area contributed by atoms with Crippen molar-refractivity contribution in [3.63, 3.8) is 0 Å². The van der Waals surface area contributed by atoms with Crippen molar-refractivity contribution in [2.45, 2.75) is 0 Å². The Morgan fingerprint density at radius 2 is 1.67 bits per heavy atom. The first-order valence-electron chi connectivity index (χ1n) is 6.67. The molecule has 0 amide bonds. The van der Waals surface area contributed by atoms with Crippen molar-refractivity contribution in [2.75, 3.05) is 5.43 Å². The highest BCUT2D eigenvalue weighted by atomic mass is 16.4. The number of aromatic nitrogens is 1. The van der Waals surface area contributed by atoms with E-state index in [1.54, 1.807) is 12.1 Å². The van der Waals surface area contributed by atoms with Crippen molar-refractivity contribution in [1.29, 1.82) is 0 Å². The molecule has 4 heteroatoms. The lowest BCUT2D eigenvalue weighted by Gasteiger charge is -2.08. The lowest BCUT2D eigenvalue weighted by molar-refractivity contribution is 0.562. The predicted molar refractivity (Wildman–Crippen MR) is 83.4 cm³/mol. The first-order valence-corrected chi connectivity index (χ1v) is 6.67. The van der Waals surface area contributed by atoms with Gasteiger partial charge in [-0.25, -0.2) is 4.79 Å². The minimum Gasteiger partial charge on any atom is -0.421 e. The molecule has 0 saturated carbocycles. The molecule has 0 aliphatic carbocycles. The Balaban J connectivity index is 1.84. The Morgan fingerprint density at radius 3 is 2.57 bits per heavy atom. The minimum absolute atomic E-state index is 0.383. The SMILES string of the molecule is O=c1oc2ccccc2cc1Nn1ccc2ccccc21. The van der Waals surface area contributed by atoms with Gasteiger partial charge in [-0.3, -0.25) is 10.1 Å². The van der Waals surface area contributed by atoms with Crippen LogP contribution in [0.4, 0.5) is 5.69 Å². The zero-order valence-electron chi connectivity index (χ0n) is 11.1. The maximum Gasteiger partial charge on any atom is 0.361 e. The van der Waals surface area contributed by atoms with Crippen LogP contribution in [0.1, 0.15) is 0 Å². The molecule has 0 saturated heterocycles. The number of benzene rings is 2. The van der Waals surface area contributed by atoms with Crippen LogP contribution in [0.2, 0.25) is 0 Å². The summed E-state index contributed by atoms with van der Waals surface area (Å²) >= 11 is 0. The third-order valence-corrected chi connectivity index (χ3v) is 3.48. The molecular weight excluding hydrogens is 264 g/mol. The molecule has 102 valence electrons. The van der Waals surface area contributed by atoms with Crippen molar-refractivity contribution in [2.24, 2.45) is 0 Å². The Hall–Kier alpha value is -3.01. The molecule has 0 fully saturated rings. The van der Waals surface area contributed by atoms with Gasteiger partial charge in [-0.1, -0.05) is 36.4 Å². The highest BCUT2D eigenvalue weighted by Crippen LogP contribution is 2.18. The summed E-state index contributed by atoms with van der Waals surface area (Å²) in [6.07, 6.45) is 1.89. The molecule has 4 aromatic rings. The van der Waals surface area contributed by atoms with Gasteiger partial charge in [-0.15, -0.1) is 0 Å². The summed E-state index contributed by atoms with van der Waals surface area (Å²) in [4.78, 5) is 12.1. The number of anilines is 1. The first kappa shape index (κ1) is 11.8. The van der Waals surface area contributed by atoms with Crippen molar-refractivity contribution in [3.05, 3.63) is 77.3 Å². The third kappa shape index (κ3) is 1.97. The maximum atomic E-state index is 12.1. The van der Waals surface area contributed by atoms with Gasteiger partial charge in [-0.05, 0) is 24.3 Å². The van der Waals surface area contributed by atoms with E-state index in [1.807, 2.05) is 59.4 Å². The zero-order valence-corrected chi connectivity index (χ0v) is 11.1. The molecule has 1 N–H and O–H groups in total. The van der Waals surface area contributed by atoms with Crippen LogP contribution in [0.25, 0.3) is 21.9 Å². The summed E-state index contributed by atoms with van der Waals surface area (Å²) in [5, 5.41) is 1.99.